The number of methoxy groups -OCH3 is 1. The van der Waals surface area contributed by atoms with Gasteiger partial charge in [-0.25, -0.2) is 4.79 Å². The number of amides is 1. The lowest BCUT2D eigenvalue weighted by Crippen LogP contribution is -2.35. The second-order valence-corrected chi connectivity index (χ2v) is 4.67. The SMILES string of the molecule is CCCNC(=O)CN(C)Cc1ccccc1C(=O)OC. The number of benzene rings is 1. The molecule has 0 atom stereocenters. The van der Waals surface area contributed by atoms with Crippen molar-refractivity contribution in [3.05, 3.63) is 35.4 Å². The summed E-state index contributed by atoms with van der Waals surface area (Å²) in [5.41, 5.74) is 1.39. The maximum absolute atomic E-state index is 11.7. The Morgan fingerprint density at radius 2 is 2.00 bits per heavy atom. The van der Waals surface area contributed by atoms with Gasteiger partial charge in [-0.05, 0) is 25.1 Å². The Labute approximate surface area is 119 Å². The number of nitrogens with one attached hydrogen (secondary N) is 1. The lowest BCUT2D eigenvalue weighted by Gasteiger charge is -2.17. The Morgan fingerprint density at radius 1 is 1.30 bits per heavy atom. The molecule has 20 heavy (non-hydrogen) atoms. The van der Waals surface area contributed by atoms with Crippen LogP contribution in [-0.2, 0) is 16.1 Å². The van der Waals surface area contributed by atoms with Gasteiger partial charge < -0.3 is 10.1 Å². The minimum absolute atomic E-state index is 0.00935. The maximum Gasteiger partial charge on any atom is 0.338 e. The maximum atomic E-state index is 11.7. The van der Waals surface area contributed by atoms with E-state index in [1.165, 1.54) is 7.11 Å². The summed E-state index contributed by atoms with van der Waals surface area (Å²) in [5, 5.41) is 2.83. The van der Waals surface area contributed by atoms with Gasteiger partial charge in [-0.15, -0.1) is 0 Å². The summed E-state index contributed by atoms with van der Waals surface area (Å²) in [6.07, 6.45) is 0.917. The minimum atomic E-state index is -0.357. The van der Waals surface area contributed by atoms with Gasteiger partial charge in [0, 0.05) is 13.1 Å². The van der Waals surface area contributed by atoms with Crippen molar-refractivity contribution in [2.45, 2.75) is 19.9 Å². The molecule has 1 aromatic carbocycles. The molecule has 0 aliphatic carbocycles. The van der Waals surface area contributed by atoms with Gasteiger partial charge in [-0.2, -0.15) is 0 Å². The third kappa shape index (κ3) is 5.01. The molecule has 1 amide bonds. The average molecular weight is 278 g/mol. The number of carbonyl (C=O) groups excluding carboxylic acids is 2. The van der Waals surface area contributed by atoms with Crippen molar-refractivity contribution in [3.8, 4) is 0 Å². The van der Waals surface area contributed by atoms with E-state index >= 15 is 0 Å². The van der Waals surface area contributed by atoms with Crippen molar-refractivity contribution in [2.24, 2.45) is 0 Å². The summed E-state index contributed by atoms with van der Waals surface area (Å²) in [6.45, 7) is 3.52. The number of hydrogen-bond donors (Lipinski definition) is 1. The number of likely N-dealkylation sites (N-methyl/N-ethyl adjacent to an activating group) is 1. The second kappa shape index (κ2) is 8.32. The third-order valence-electron chi connectivity index (χ3n) is 2.85. The van der Waals surface area contributed by atoms with E-state index < -0.39 is 0 Å². The van der Waals surface area contributed by atoms with Gasteiger partial charge in [-0.3, -0.25) is 9.69 Å². The van der Waals surface area contributed by atoms with Crippen LogP contribution in [0.4, 0.5) is 0 Å². The van der Waals surface area contributed by atoms with Gasteiger partial charge in [0.05, 0.1) is 19.2 Å². The quantitative estimate of drug-likeness (QED) is 0.767. The molecule has 0 spiro atoms. The molecule has 0 saturated heterocycles. The van der Waals surface area contributed by atoms with Crippen molar-refractivity contribution >= 4 is 11.9 Å². The van der Waals surface area contributed by atoms with E-state index in [0.717, 1.165) is 12.0 Å². The molecule has 0 saturated carbocycles. The van der Waals surface area contributed by atoms with Crippen molar-refractivity contribution in [3.63, 3.8) is 0 Å². The van der Waals surface area contributed by atoms with Gasteiger partial charge in [0.2, 0.25) is 5.91 Å². The predicted octanol–water partition coefficient (Wildman–Crippen LogP) is 1.43. The summed E-state index contributed by atoms with van der Waals surface area (Å²) in [6, 6.07) is 7.26. The van der Waals surface area contributed by atoms with E-state index in [9.17, 15) is 9.59 Å². The largest absolute Gasteiger partial charge is 0.465 e. The van der Waals surface area contributed by atoms with Gasteiger partial charge in [0.15, 0.2) is 0 Å². The molecule has 1 rings (SSSR count). The highest BCUT2D eigenvalue weighted by atomic mass is 16.5. The molecule has 0 bridgehead atoms. The van der Waals surface area contributed by atoms with E-state index in [0.29, 0.717) is 25.2 Å². The molecule has 1 N–H and O–H groups in total. The topological polar surface area (TPSA) is 58.6 Å². The molecular weight excluding hydrogens is 256 g/mol. The molecular formula is C15H22N2O3. The van der Waals surface area contributed by atoms with Crippen molar-refractivity contribution < 1.29 is 14.3 Å². The van der Waals surface area contributed by atoms with E-state index in [1.54, 1.807) is 12.1 Å². The molecule has 0 aromatic heterocycles. The zero-order chi connectivity index (χ0) is 15.0. The Kier molecular flexibility index (Phi) is 6.73. The first kappa shape index (κ1) is 16.2. The highest BCUT2D eigenvalue weighted by Crippen LogP contribution is 2.12. The van der Waals surface area contributed by atoms with Crippen molar-refractivity contribution in [1.29, 1.82) is 0 Å². The lowest BCUT2D eigenvalue weighted by atomic mass is 10.1. The fourth-order valence-corrected chi connectivity index (χ4v) is 1.88. The fourth-order valence-electron chi connectivity index (χ4n) is 1.88. The van der Waals surface area contributed by atoms with E-state index in [2.05, 4.69) is 5.32 Å². The van der Waals surface area contributed by atoms with E-state index in [-0.39, 0.29) is 11.9 Å². The van der Waals surface area contributed by atoms with Gasteiger partial charge in [-0.1, -0.05) is 25.1 Å². The summed E-state index contributed by atoms with van der Waals surface area (Å²) in [4.78, 5) is 25.2. The third-order valence-corrected chi connectivity index (χ3v) is 2.85. The van der Waals surface area contributed by atoms with Crippen LogP contribution in [0.15, 0.2) is 24.3 Å². The molecule has 0 fully saturated rings. The van der Waals surface area contributed by atoms with Gasteiger partial charge >= 0.3 is 5.97 Å². The van der Waals surface area contributed by atoms with Crippen LogP contribution in [0.2, 0.25) is 0 Å². The molecule has 5 heteroatoms. The molecule has 110 valence electrons. The van der Waals surface area contributed by atoms with Crippen LogP contribution < -0.4 is 5.32 Å². The van der Waals surface area contributed by atoms with Crippen LogP contribution in [0.3, 0.4) is 0 Å². The first-order chi connectivity index (χ1) is 9.58. The number of hydrogen-bond acceptors (Lipinski definition) is 4. The standard InChI is InChI=1S/C15H22N2O3/c1-4-9-16-14(18)11-17(2)10-12-7-5-6-8-13(12)15(19)20-3/h5-8H,4,9-11H2,1-3H3,(H,16,18). The first-order valence-corrected chi connectivity index (χ1v) is 6.70. The fraction of sp³-hybridized carbons (Fsp3) is 0.467. The van der Waals surface area contributed by atoms with Crippen molar-refractivity contribution in [1.82, 2.24) is 10.2 Å². The lowest BCUT2D eigenvalue weighted by molar-refractivity contribution is -0.122. The van der Waals surface area contributed by atoms with Crippen LogP contribution in [0.25, 0.3) is 0 Å². The molecule has 0 unspecified atom stereocenters. The number of rotatable bonds is 7. The molecule has 0 radical (unpaired) electrons. The number of nitrogens with zero attached hydrogens (tertiary/aromatic N) is 1. The van der Waals surface area contributed by atoms with Crippen LogP contribution >= 0.6 is 0 Å². The molecule has 0 aliphatic rings. The van der Waals surface area contributed by atoms with Crippen LogP contribution in [-0.4, -0.2) is 44.0 Å². The predicted molar refractivity (Wildman–Crippen MR) is 77.4 cm³/mol. The monoisotopic (exact) mass is 278 g/mol. The molecule has 0 heterocycles. The Hall–Kier alpha value is -1.88. The zero-order valence-electron chi connectivity index (χ0n) is 12.3. The molecule has 5 nitrogen and oxygen atoms in total. The van der Waals surface area contributed by atoms with Crippen LogP contribution in [0.1, 0.15) is 29.3 Å². The first-order valence-electron chi connectivity index (χ1n) is 6.70. The average Bonchev–Trinajstić information content (AvgIpc) is 2.44. The van der Waals surface area contributed by atoms with Crippen LogP contribution in [0.5, 0.6) is 0 Å². The second-order valence-electron chi connectivity index (χ2n) is 4.67. The van der Waals surface area contributed by atoms with Gasteiger partial charge in [0.25, 0.3) is 0 Å². The molecule has 1 aromatic rings. The van der Waals surface area contributed by atoms with Crippen molar-refractivity contribution in [2.75, 3.05) is 27.2 Å². The number of ether oxygens (including phenoxy) is 1. The van der Waals surface area contributed by atoms with Gasteiger partial charge in [0.1, 0.15) is 0 Å². The highest BCUT2D eigenvalue weighted by molar-refractivity contribution is 5.91. The number of esters is 1. The summed E-state index contributed by atoms with van der Waals surface area (Å²) in [5.74, 6) is -0.366. The summed E-state index contributed by atoms with van der Waals surface area (Å²) < 4.78 is 4.76. The normalized spacial score (nSPS) is 10.4. The minimum Gasteiger partial charge on any atom is -0.465 e. The van der Waals surface area contributed by atoms with E-state index in [1.807, 2.05) is 31.0 Å². The number of carbonyl (C=O) groups is 2. The van der Waals surface area contributed by atoms with Crippen LogP contribution in [0, 0.1) is 0 Å². The Bertz CT molecular complexity index is 460. The Morgan fingerprint density at radius 3 is 2.65 bits per heavy atom. The highest BCUT2D eigenvalue weighted by Gasteiger charge is 2.13. The zero-order valence-corrected chi connectivity index (χ0v) is 12.3. The Balaban J connectivity index is 2.64. The smallest absolute Gasteiger partial charge is 0.338 e. The summed E-state index contributed by atoms with van der Waals surface area (Å²) >= 11 is 0. The summed E-state index contributed by atoms with van der Waals surface area (Å²) in [7, 11) is 3.21. The van der Waals surface area contributed by atoms with E-state index in [4.69, 9.17) is 4.74 Å². The molecule has 0 aliphatic heterocycles.